The first-order valence-corrected chi connectivity index (χ1v) is 5.31. The smallest absolute Gasteiger partial charge is 0.141 e. The molecule has 0 spiro atoms. The Hall–Kier alpha value is -2.43. The number of nitrogens with one attached hydrogen (secondary N) is 1. The number of benzene rings is 1. The van der Waals surface area contributed by atoms with Crippen LogP contribution in [0.25, 0.3) is 10.9 Å². The molecular weight excluding hydrogens is 214 g/mol. The van der Waals surface area contributed by atoms with Gasteiger partial charge >= 0.3 is 0 Å². The van der Waals surface area contributed by atoms with Crippen molar-refractivity contribution in [3.05, 3.63) is 48.2 Å². The maximum Gasteiger partial charge on any atom is 0.141 e. The third-order valence-electron chi connectivity index (χ3n) is 2.67. The molecule has 0 saturated carbocycles. The molecule has 0 aliphatic carbocycles. The predicted octanol–water partition coefficient (Wildman–Crippen LogP) is 1.95. The number of aromatic nitrogens is 4. The lowest BCUT2D eigenvalue weighted by Crippen LogP contribution is -1.88. The van der Waals surface area contributed by atoms with E-state index in [1.165, 1.54) is 5.39 Å². The number of H-pyrrole nitrogens is 1. The first kappa shape index (κ1) is 9.77. The van der Waals surface area contributed by atoms with Crippen molar-refractivity contribution in [2.24, 2.45) is 5.10 Å². The summed E-state index contributed by atoms with van der Waals surface area (Å²) < 4.78 is 1.57. The molecule has 5 heteroatoms. The van der Waals surface area contributed by atoms with Gasteiger partial charge in [0.15, 0.2) is 0 Å². The summed E-state index contributed by atoms with van der Waals surface area (Å²) >= 11 is 0. The summed E-state index contributed by atoms with van der Waals surface area (Å²) in [5, 5.41) is 12.8. The van der Waals surface area contributed by atoms with Gasteiger partial charge in [-0.3, -0.25) is 0 Å². The summed E-state index contributed by atoms with van der Waals surface area (Å²) in [4.78, 5) is 3.33. The van der Waals surface area contributed by atoms with Crippen molar-refractivity contribution in [1.29, 1.82) is 0 Å². The van der Waals surface area contributed by atoms with Gasteiger partial charge in [-0.2, -0.15) is 5.10 Å². The van der Waals surface area contributed by atoms with Gasteiger partial charge in [-0.15, -0.1) is 10.2 Å². The van der Waals surface area contributed by atoms with Crippen LogP contribution in [0.5, 0.6) is 0 Å². The van der Waals surface area contributed by atoms with Gasteiger partial charge in [-0.05, 0) is 13.0 Å². The van der Waals surface area contributed by atoms with E-state index in [9.17, 15) is 0 Å². The Bertz CT molecular complexity index is 663. The number of hydrogen-bond donors (Lipinski definition) is 1. The first-order valence-electron chi connectivity index (χ1n) is 5.31. The number of para-hydroxylation sites is 1. The van der Waals surface area contributed by atoms with E-state index in [0.717, 1.165) is 16.8 Å². The third-order valence-corrected chi connectivity index (χ3v) is 2.67. The Kier molecular flexibility index (Phi) is 2.22. The topological polar surface area (TPSA) is 58.9 Å². The second-order valence-electron chi connectivity index (χ2n) is 3.80. The molecule has 17 heavy (non-hydrogen) atoms. The highest BCUT2D eigenvalue weighted by Crippen LogP contribution is 2.19. The second kappa shape index (κ2) is 3.86. The van der Waals surface area contributed by atoms with Crippen LogP contribution in [0.3, 0.4) is 0 Å². The fraction of sp³-hybridized carbons (Fsp3) is 0.0833. The summed E-state index contributed by atoms with van der Waals surface area (Å²) in [6.07, 6.45) is 4.93. The summed E-state index contributed by atoms with van der Waals surface area (Å²) in [6.45, 7) is 2.04. The summed E-state index contributed by atoms with van der Waals surface area (Å²) in [6, 6.07) is 8.16. The molecule has 5 nitrogen and oxygen atoms in total. The molecule has 1 N–H and O–H groups in total. The molecule has 3 aromatic rings. The lowest BCUT2D eigenvalue weighted by molar-refractivity contribution is 0.878. The Balaban J connectivity index is 2.08. The number of nitrogens with zero attached hydrogens (tertiary/aromatic N) is 4. The number of hydrogen-bond acceptors (Lipinski definition) is 3. The molecule has 0 bridgehead atoms. The molecular formula is C12H11N5. The van der Waals surface area contributed by atoms with Gasteiger partial charge in [-0.25, -0.2) is 4.68 Å². The van der Waals surface area contributed by atoms with Gasteiger partial charge in [-0.1, -0.05) is 18.2 Å². The van der Waals surface area contributed by atoms with Crippen molar-refractivity contribution in [2.45, 2.75) is 6.92 Å². The van der Waals surface area contributed by atoms with Crippen molar-refractivity contribution in [3.63, 3.8) is 0 Å². The van der Waals surface area contributed by atoms with Crippen LogP contribution in [0.15, 0.2) is 42.0 Å². The molecule has 1 aromatic carbocycles. The molecule has 0 aliphatic heterocycles. The second-order valence-corrected chi connectivity index (χ2v) is 3.80. The van der Waals surface area contributed by atoms with Gasteiger partial charge in [0.2, 0.25) is 0 Å². The fourth-order valence-electron chi connectivity index (χ4n) is 1.84. The average Bonchev–Trinajstić information content (AvgIpc) is 2.93. The lowest BCUT2D eigenvalue weighted by atomic mass is 10.1. The molecule has 0 fully saturated rings. The van der Waals surface area contributed by atoms with Crippen molar-refractivity contribution < 1.29 is 0 Å². The Labute approximate surface area is 97.8 Å². The molecule has 2 heterocycles. The molecule has 3 rings (SSSR count). The van der Waals surface area contributed by atoms with E-state index in [1.807, 2.05) is 25.3 Å². The quantitative estimate of drug-likeness (QED) is 0.677. The molecule has 84 valence electrons. The zero-order valence-corrected chi connectivity index (χ0v) is 9.33. The summed E-state index contributed by atoms with van der Waals surface area (Å²) in [5.41, 5.74) is 3.31. The Morgan fingerprint density at radius 1 is 1.24 bits per heavy atom. The zero-order chi connectivity index (χ0) is 11.7. The summed E-state index contributed by atoms with van der Waals surface area (Å²) in [5.74, 6) is 0. The van der Waals surface area contributed by atoms with Gasteiger partial charge in [0, 0.05) is 22.2 Å². The monoisotopic (exact) mass is 225 g/mol. The average molecular weight is 225 g/mol. The van der Waals surface area contributed by atoms with E-state index in [2.05, 4.69) is 32.4 Å². The van der Waals surface area contributed by atoms with Crippen LogP contribution in [0, 0.1) is 6.92 Å². The van der Waals surface area contributed by atoms with Crippen molar-refractivity contribution in [2.75, 3.05) is 0 Å². The summed E-state index contributed by atoms with van der Waals surface area (Å²) in [7, 11) is 0. The maximum absolute atomic E-state index is 4.27. The molecule has 0 amide bonds. The standard InChI is InChI=1S/C12H11N5/c1-9-11(6-15-17-7-13-14-8-17)10-4-2-3-5-12(10)16-9/h2-8,16H,1H3. The molecule has 0 saturated heterocycles. The number of aryl methyl sites for hydroxylation is 1. The van der Waals surface area contributed by atoms with Crippen LogP contribution in [0.1, 0.15) is 11.3 Å². The van der Waals surface area contributed by atoms with E-state index in [4.69, 9.17) is 0 Å². The minimum Gasteiger partial charge on any atom is -0.358 e. The van der Waals surface area contributed by atoms with E-state index >= 15 is 0 Å². The molecule has 0 aliphatic rings. The Morgan fingerprint density at radius 3 is 2.82 bits per heavy atom. The molecule has 0 atom stereocenters. The minimum absolute atomic E-state index is 1.09. The predicted molar refractivity (Wildman–Crippen MR) is 66.0 cm³/mol. The normalized spacial score (nSPS) is 11.6. The van der Waals surface area contributed by atoms with Gasteiger partial charge < -0.3 is 4.98 Å². The largest absolute Gasteiger partial charge is 0.358 e. The minimum atomic E-state index is 1.09. The van der Waals surface area contributed by atoms with Crippen molar-refractivity contribution in [1.82, 2.24) is 19.9 Å². The SMILES string of the molecule is Cc1[nH]c2ccccc2c1C=Nn1cnnc1. The lowest BCUT2D eigenvalue weighted by Gasteiger charge is -1.92. The van der Waals surface area contributed by atoms with Crippen LogP contribution in [-0.2, 0) is 0 Å². The van der Waals surface area contributed by atoms with Crippen LogP contribution in [0.4, 0.5) is 0 Å². The van der Waals surface area contributed by atoms with Crippen LogP contribution in [0.2, 0.25) is 0 Å². The molecule has 0 unspecified atom stereocenters. The van der Waals surface area contributed by atoms with Gasteiger partial charge in [0.1, 0.15) is 12.7 Å². The third kappa shape index (κ3) is 1.71. The van der Waals surface area contributed by atoms with E-state index in [0.29, 0.717) is 0 Å². The van der Waals surface area contributed by atoms with Crippen molar-refractivity contribution >= 4 is 17.1 Å². The fourth-order valence-corrected chi connectivity index (χ4v) is 1.84. The van der Waals surface area contributed by atoms with Gasteiger partial charge in [0.25, 0.3) is 0 Å². The number of fused-ring (bicyclic) bond motifs is 1. The number of rotatable bonds is 2. The van der Waals surface area contributed by atoms with Crippen molar-refractivity contribution in [3.8, 4) is 0 Å². The first-order chi connectivity index (χ1) is 8.34. The Morgan fingerprint density at radius 2 is 2.00 bits per heavy atom. The highest BCUT2D eigenvalue weighted by Gasteiger charge is 2.04. The highest BCUT2D eigenvalue weighted by molar-refractivity contribution is 6.00. The highest BCUT2D eigenvalue weighted by atomic mass is 15.4. The molecule has 0 radical (unpaired) electrons. The van der Waals surface area contributed by atoms with E-state index in [-0.39, 0.29) is 0 Å². The zero-order valence-electron chi connectivity index (χ0n) is 9.33. The van der Waals surface area contributed by atoms with E-state index < -0.39 is 0 Å². The number of aromatic amines is 1. The van der Waals surface area contributed by atoms with Gasteiger partial charge in [0.05, 0.1) is 6.21 Å². The van der Waals surface area contributed by atoms with Crippen LogP contribution < -0.4 is 0 Å². The van der Waals surface area contributed by atoms with E-state index in [1.54, 1.807) is 17.3 Å². The maximum atomic E-state index is 4.27. The van der Waals surface area contributed by atoms with Crippen LogP contribution in [-0.4, -0.2) is 26.1 Å². The molecule has 2 aromatic heterocycles. The van der Waals surface area contributed by atoms with Crippen LogP contribution >= 0.6 is 0 Å².